The van der Waals surface area contributed by atoms with Crippen LogP contribution in [-0.4, -0.2) is 44.2 Å². The quantitative estimate of drug-likeness (QED) is 0.722. The minimum Gasteiger partial charge on any atom is -0.484 e. The summed E-state index contributed by atoms with van der Waals surface area (Å²) in [6, 6.07) is 9.39. The minimum absolute atomic E-state index is 0.0106. The van der Waals surface area contributed by atoms with Gasteiger partial charge in [-0.2, -0.15) is 0 Å². The van der Waals surface area contributed by atoms with Gasteiger partial charge in [0.05, 0.1) is 5.69 Å². The van der Waals surface area contributed by atoms with Gasteiger partial charge in [0.1, 0.15) is 12.1 Å². The van der Waals surface area contributed by atoms with Crippen LogP contribution in [0.2, 0.25) is 0 Å². The van der Waals surface area contributed by atoms with Gasteiger partial charge in [0.15, 0.2) is 6.61 Å². The topological polar surface area (TPSA) is 73.1 Å². The number of tetrazole rings is 1. The molecule has 0 saturated heterocycles. The zero-order chi connectivity index (χ0) is 16.4. The lowest BCUT2D eigenvalue weighted by atomic mass is 10.1. The van der Waals surface area contributed by atoms with Crippen LogP contribution < -0.4 is 4.74 Å². The first-order valence-electron chi connectivity index (χ1n) is 7.59. The summed E-state index contributed by atoms with van der Waals surface area (Å²) in [5.41, 5.74) is 2.09. The third kappa shape index (κ3) is 3.00. The number of benzene rings is 1. The highest BCUT2D eigenvalue weighted by Gasteiger charge is 2.21. The Labute approximate surface area is 142 Å². The molecule has 0 saturated carbocycles. The molecule has 3 heterocycles. The number of amides is 1. The van der Waals surface area contributed by atoms with Crippen molar-refractivity contribution in [3.05, 3.63) is 52.5 Å². The summed E-state index contributed by atoms with van der Waals surface area (Å²) < 4.78 is 7.17. The average molecular weight is 341 g/mol. The average Bonchev–Trinajstić information content (AvgIpc) is 3.30. The number of rotatable bonds is 4. The maximum atomic E-state index is 12.3. The number of hydrogen-bond donors (Lipinski definition) is 0. The second-order valence-corrected chi connectivity index (χ2v) is 6.47. The molecule has 0 spiro atoms. The predicted molar refractivity (Wildman–Crippen MR) is 88.1 cm³/mol. The Hall–Kier alpha value is -2.74. The van der Waals surface area contributed by atoms with Crippen molar-refractivity contribution in [3.63, 3.8) is 0 Å². The number of carbonyl (C=O) groups excluding carboxylic acids is 1. The van der Waals surface area contributed by atoms with Gasteiger partial charge in [-0.1, -0.05) is 0 Å². The first kappa shape index (κ1) is 14.8. The molecule has 0 bridgehead atoms. The van der Waals surface area contributed by atoms with Gasteiger partial charge in [-0.05, 0) is 58.1 Å². The number of hydrogen-bond acceptors (Lipinski definition) is 6. The molecule has 1 aliphatic heterocycles. The minimum atomic E-state index is 0.0106. The Morgan fingerprint density at radius 1 is 1.25 bits per heavy atom. The number of thiophene rings is 1. The first-order chi connectivity index (χ1) is 11.8. The summed E-state index contributed by atoms with van der Waals surface area (Å²) >= 11 is 1.76. The van der Waals surface area contributed by atoms with Crippen LogP contribution in [0.15, 0.2) is 42.0 Å². The molecule has 122 valence electrons. The van der Waals surface area contributed by atoms with E-state index in [1.807, 2.05) is 17.0 Å². The molecule has 0 aliphatic carbocycles. The number of ether oxygens (including phenoxy) is 1. The van der Waals surface area contributed by atoms with Crippen molar-refractivity contribution < 1.29 is 9.53 Å². The van der Waals surface area contributed by atoms with Gasteiger partial charge in [-0.25, -0.2) is 4.68 Å². The predicted octanol–water partition coefficient (Wildman–Crippen LogP) is 1.69. The maximum absolute atomic E-state index is 12.3. The molecular weight excluding hydrogens is 326 g/mol. The summed E-state index contributed by atoms with van der Waals surface area (Å²) in [6.07, 6.45) is 2.45. The van der Waals surface area contributed by atoms with Gasteiger partial charge in [0.2, 0.25) is 0 Å². The second-order valence-electron chi connectivity index (χ2n) is 5.47. The van der Waals surface area contributed by atoms with Gasteiger partial charge < -0.3 is 9.64 Å². The molecule has 0 N–H and O–H groups in total. The summed E-state index contributed by atoms with van der Waals surface area (Å²) in [6.45, 7) is 1.48. The highest BCUT2D eigenvalue weighted by atomic mass is 32.1. The maximum Gasteiger partial charge on any atom is 0.260 e. The van der Waals surface area contributed by atoms with Crippen molar-refractivity contribution in [3.8, 4) is 11.4 Å². The fourth-order valence-electron chi connectivity index (χ4n) is 2.67. The fourth-order valence-corrected chi connectivity index (χ4v) is 3.56. The SMILES string of the molecule is O=C(COc1ccc(-n2cnnn2)cc1)N1CCc2sccc2C1. The molecule has 2 aromatic heterocycles. The molecule has 0 radical (unpaired) electrons. The Morgan fingerprint density at radius 3 is 2.92 bits per heavy atom. The van der Waals surface area contributed by atoms with Gasteiger partial charge in [0.25, 0.3) is 5.91 Å². The van der Waals surface area contributed by atoms with Gasteiger partial charge >= 0.3 is 0 Å². The standard InChI is InChI=1S/C16H15N5O2S/c22-16(20-7-5-15-12(9-20)6-8-24-15)10-23-14-3-1-13(2-4-14)21-11-17-18-19-21/h1-4,6,8,11H,5,7,9-10H2. The number of carbonyl (C=O) groups is 1. The van der Waals surface area contributed by atoms with Crippen LogP contribution in [0.3, 0.4) is 0 Å². The van der Waals surface area contributed by atoms with Crippen molar-refractivity contribution in [2.45, 2.75) is 13.0 Å². The number of aromatic nitrogens is 4. The molecular formula is C16H15N5O2S. The largest absolute Gasteiger partial charge is 0.484 e. The van der Waals surface area contributed by atoms with E-state index < -0.39 is 0 Å². The molecule has 1 aromatic carbocycles. The zero-order valence-electron chi connectivity index (χ0n) is 12.8. The molecule has 1 amide bonds. The van der Waals surface area contributed by atoms with Crippen LogP contribution in [0.25, 0.3) is 5.69 Å². The van der Waals surface area contributed by atoms with Crippen LogP contribution in [0.1, 0.15) is 10.4 Å². The molecule has 4 rings (SSSR count). The lowest BCUT2D eigenvalue weighted by Gasteiger charge is -2.27. The molecule has 1 aliphatic rings. The summed E-state index contributed by atoms with van der Waals surface area (Å²) in [7, 11) is 0. The van der Waals surface area contributed by atoms with E-state index in [0.717, 1.165) is 18.7 Å². The van der Waals surface area contributed by atoms with E-state index in [1.54, 1.807) is 28.2 Å². The molecule has 7 nitrogen and oxygen atoms in total. The smallest absolute Gasteiger partial charge is 0.260 e. The summed E-state index contributed by atoms with van der Waals surface area (Å²) in [5.74, 6) is 0.657. The second kappa shape index (κ2) is 6.40. The van der Waals surface area contributed by atoms with Crippen LogP contribution in [0, 0.1) is 0 Å². The lowest BCUT2D eigenvalue weighted by molar-refractivity contribution is -0.134. The first-order valence-corrected chi connectivity index (χ1v) is 8.47. The van der Waals surface area contributed by atoms with E-state index in [-0.39, 0.29) is 12.5 Å². The zero-order valence-corrected chi connectivity index (χ0v) is 13.6. The van der Waals surface area contributed by atoms with E-state index >= 15 is 0 Å². The van der Waals surface area contributed by atoms with Crippen LogP contribution in [0.4, 0.5) is 0 Å². The van der Waals surface area contributed by atoms with E-state index in [1.165, 1.54) is 16.8 Å². The van der Waals surface area contributed by atoms with E-state index in [9.17, 15) is 4.79 Å². The normalized spacial score (nSPS) is 13.6. The van der Waals surface area contributed by atoms with Gasteiger partial charge in [-0.3, -0.25) is 4.79 Å². The third-order valence-electron chi connectivity index (χ3n) is 3.97. The van der Waals surface area contributed by atoms with Gasteiger partial charge in [0, 0.05) is 18.0 Å². The fraction of sp³-hybridized carbons (Fsp3) is 0.250. The van der Waals surface area contributed by atoms with Crippen molar-refractivity contribution in [2.75, 3.05) is 13.2 Å². The lowest BCUT2D eigenvalue weighted by Crippen LogP contribution is -2.38. The van der Waals surface area contributed by atoms with Crippen molar-refractivity contribution in [1.29, 1.82) is 0 Å². The Morgan fingerprint density at radius 2 is 2.12 bits per heavy atom. The summed E-state index contributed by atoms with van der Waals surface area (Å²) in [5, 5.41) is 13.1. The van der Waals surface area contributed by atoms with Crippen molar-refractivity contribution >= 4 is 17.2 Å². The molecule has 8 heteroatoms. The molecule has 0 unspecified atom stereocenters. The number of nitrogens with zero attached hydrogens (tertiary/aromatic N) is 5. The van der Waals surface area contributed by atoms with Crippen LogP contribution in [-0.2, 0) is 17.8 Å². The molecule has 0 fully saturated rings. The van der Waals surface area contributed by atoms with Crippen molar-refractivity contribution in [1.82, 2.24) is 25.1 Å². The van der Waals surface area contributed by atoms with E-state index in [2.05, 4.69) is 27.0 Å². The number of fused-ring (bicyclic) bond motifs is 1. The Balaban J connectivity index is 1.34. The van der Waals surface area contributed by atoms with Crippen molar-refractivity contribution in [2.24, 2.45) is 0 Å². The molecule has 24 heavy (non-hydrogen) atoms. The summed E-state index contributed by atoms with van der Waals surface area (Å²) in [4.78, 5) is 15.6. The van der Waals surface area contributed by atoms with E-state index in [0.29, 0.717) is 12.3 Å². The molecule has 0 atom stereocenters. The Bertz CT molecular complexity index is 829. The van der Waals surface area contributed by atoms with Gasteiger partial charge in [-0.15, -0.1) is 16.4 Å². The third-order valence-corrected chi connectivity index (χ3v) is 5.00. The Kier molecular flexibility index (Phi) is 3.96. The highest BCUT2D eigenvalue weighted by Crippen LogP contribution is 2.24. The monoisotopic (exact) mass is 341 g/mol. The van der Waals surface area contributed by atoms with E-state index in [4.69, 9.17) is 4.74 Å². The van der Waals surface area contributed by atoms with Crippen LogP contribution in [0.5, 0.6) is 5.75 Å². The highest BCUT2D eigenvalue weighted by molar-refractivity contribution is 7.10. The molecule has 3 aromatic rings. The van der Waals surface area contributed by atoms with Crippen LogP contribution >= 0.6 is 11.3 Å².